The zero-order valence-electron chi connectivity index (χ0n) is 15.0. The second-order valence-corrected chi connectivity index (χ2v) is 6.89. The van der Waals surface area contributed by atoms with E-state index in [-0.39, 0.29) is 18.0 Å². The Morgan fingerprint density at radius 3 is 2.58 bits per heavy atom. The third-order valence-electron chi connectivity index (χ3n) is 5.36. The number of nitrogens with one attached hydrogen (secondary N) is 1. The monoisotopic (exact) mass is 356 g/mol. The van der Waals surface area contributed by atoms with E-state index in [9.17, 15) is 9.59 Å². The van der Waals surface area contributed by atoms with Crippen LogP contribution in [0, 0.1) is 0 Å². The van der Waals surface area contributed by atoms with Crippen molar-refractivity contribution >= 4 is 11.9 Å². The van der Waals surface area contributed by atoms with E-state index in [0.717, 1.165) is 44.1 Å². The number of nitrogens with zero attached hydrogens (tertiary/aromatic N) is 3. The third-order valence-corrected chi connectivity index (χ3v) is 5.36. The van der Waals surface area contributed by atoms with E-state index in [4.69, 9.17) is 4.74 Å². The third kappa shape index (κ3) is 3.08. The van der Waals surface area contributed by atoms with Gasteiger partial charge in [0.15, 0.2) is 0 Å². The molecule has 138 valence electrons. The fraction of sp³-hybridized carbons (Fsp3) is 0.474. The molecule has 0 unspecified atom stereocenters. The first-order chi connectivity index (χ1) is 12.6. The highest BCUT2D eigenvalue weighted by molar-refractivity contribution is 6.01. The van der Waals surface area contributed by atoms with E-state index in [1.165, 1.54) is 0 Å². The molecule has 0 radical (unpaired) electrons. The van der Waals surface area contributed by atoms with Gasteiger partial charge in [-0.3, -0.25) is 14.6 Å². The summed E-state index contributed by atoms with van der Waals surface area (Å²) in [4.78, 5) is 31.2. The molecule has 0 aromatic heterocycles. The number of morpholine rings is 1. The number of likely N-dealkylation sites (N-methyl/N-ethyl adjacent to an activating group) is 1. The number of urea groups is 1. The lowest BCUT2D eigenvalue weighted by atomic mass is 9.96. The Hall–Kier alpha value is -2.38. The number of carbonyl (C=O) groups excluding carboxylic acids is 2. The van der Waals surface area contributed by atoms with E-state index in [1.54, 1.807) is 11.9 Å². The molecule has 7 nitrogen and oxygen atoms in total. The maximum atomic E-state index is 13.1. The Kier molecular flexibility index (Phi) is 4.65. The second-order valence-electron chi connectivity index (χ2n) is 6.89. The quantitative estimate of drug-likeness (QED) is 0.867. The molecule has 1 aromatic rings. The van der Waals surface area contributed by atoms with Gasteiger partial charge in [-0.2, -0.15) is 0 Å². The lowest BCUT2D eigenvalue weighted by Gasteiger charge is -2.31. The highest BCUT2D eigenvalue weighted by Crippen LogP contribution is 2.35. The van der Waals surface area contributed by atoms with Crippen molar-refractivity contribution in [3.05, 3.63) is 47.2 Å². The molecule has 1 fully saturated rings. The maximum absolute atomic E-state index is 13.1. The molecule has 4 rings (SSSR count). The van der Waals surface area contributed by atoms with E-state index in [0.29, 0.717) is 18.7 Å². The van der Waals surface area contributed by atoms with Crippen molar-refractivity contribution in [2.75, 3.05) is 53.0 Å². The van der Waals surface area contributed by atoms with Gasteiger partial charge in [0.05, 0.1) is 37.1 Å². The van der Waals surface area contributed by atoms with Gasteiger partial charge in [0.2, 0.25) is 0 Å². The molecule has 1 atom stereocenters. The van der Waals surface area contributed by atoms with Gasteiger partial charge in [0.1, 0.15) is 0 Å². The zero-order valence-corrected chi connectivity index (χ0v) is 15.0. The molecule has 3 aliphatic heterocycles. The molecule has 1 aromatic carbocycles. The predicted octanol–water partition coefficient (Wildman–Crippen LogP) is 0.811. The van der Waals surface area contributed by atoms with Crippen LogP contribution in [0.3, 0.4) is 0 Å². The van der Waals surface area contributed by atoms with E-state index in [1.807, 2.05) is 35.2 Å². The minimum absolute atomic E-state index is 0.0222. The Morgan fingerprint density at radius 1 is 1.12 bits per heavy atom. The number of hydrogen-bond donors (Lipinski definition) is 1. The minimum Gasteiger partial charge on any atom is -0.379 e. The van der Waals surface area contributed by atoms with Crippen molar-refractivity contribution in [3.8, 4) is 0 Å². The first kappa shape index (κ1) is 17.1. The number of carbonyl (C=O) groups is 2. The summed E-state index contributed by atoms with van der Waals surface area (Å²) in [6, 6.07) is 9.14. The van der Waals surface area contributed by atoms with Crippen LogP contribution >= 0.6 is 0 Å². The highest BCUT2D eigenvalue weighted by Gasteiger charge is 2.42. The van der Waals surface area contributed by atoms with Crippen LogP contribution in [0.1, 0.15) is 11.6 Å². The standard InChI is InChI=1S/C19H24N4O3/c1-21-15-13-23(8-7-22-9-11-26-12-10-22)18(24)16(15)17(20-19(21)25)14-5-3-2-4-6-14/h2-6,17H,7-13H2,1H3,(H,20,25)/t17-/m0/s1. The SMILES string of the molecule is CN1C(=O)N[C@@H](c2ccccc2)C2=C1CN(CCN1CCOCC1)C2=O. The highest BCUT2D eigenvalue weighted by atomic mass is 16.5. The molecule has 3 amide bonds. The number of amides is 3. The number of ether oxygens (including phenoxy) is 1. The average Bonchev–Trinajstić information content (AvgIpc) is 3.01. The fourth-order valence-electron chi connectivity index (χ4n) is 3.79. The van der Waals surface area contributed by atoms with Gasteiger partial charge in [-0.25, -0.2) is 4.79 Å². The van der Waals surface area contributed by atoms with Gasteiger partial charge >= 0.3 is 6.03 Å². The van der Waals surface area contributed by atoms with Crippen LogP contribution in [0.25, 0.3) is 0 Å². The Labute approximate surface area is 153 Å². The normalized spacial score (nSPS) is 24.1. The van der Waals surface area contributed by atoms with Crippen molar-refractivity contribution < 1.29 is 14.3 Å². The molecule has 0 aliphatic carbocycles. The molecule has 0 bridgehead atoms. The summed E-state index contributed by atoms with van der Waals surface area (Å²) in [7, 11) is 1.73. The van der Waals surface area contributed by atoms with Crippen molar-refractivity contribution in [3.63, 3.8) is 0 Å². The first-order valence-corrected chi connectivity index (χ1v) is 9.07. The summed E-state index contributed by atoms with van der Waals surface area (Å²) < 4.78 is 5.38. The van der Waals surface area contributed by atoms with E-state index in [2.05, 4.69) is 10.2 Å². The zero-order chi connectivity index (χ0) is 18.1. The van der Waals surface area contributed by atoms with Crippen molar-refractivity contribution in [1.29, 1.82) is 0 Å². The molecule has 1 N–H and O–H groups in total. The summed E-state index contributed by atoms with van der Waals surface area (Å²) >= 11 is 0. The maximum Gasteiger partial charge on any atom is 0.322 e. The van der Waals surface area contributed by atoms with Crippen LogP contribution in [0.4, 0.5) is 4.79 Å². The van der Waals surface area contributed by atoms with Crippen molar-refractivity contribution in [2.24, 2.45) is 0 Å². The summed E-state index contributed by atoms with van der Waals surface area (Å²) in [6.07, 6.45) is 0. The molecule has 7 heteroatoms. The van der Waals surface area contributed by atoms with Crippen molar-refractivity contribution in [1.82, 2.24) is 20.0 Å². The van der Waals surface area contributed by atoms with Crippen molar-refractivity contribution in [2.45, 2.75) is 6.04 Å². The van der Waals surface area contributed by atoms with E-state index < -0.39 is 0 Å². The number of benzene rings is 1. The van der Waals surface area contributed by atoms with Crippen LogP contribution in [-0.4, -0.2) is 79.6 Å². The lowest BCUT2D eigenvalue weighted by molar-refractivity contribution is -0.126. The van der Waals surface area contributed by atoms with Crippen LogP contribution in [-0.2, 0) is 9.53 Å². The molecule has 3 aliphatic rings. The summed E-state index contributed by atoms with van der Waals surface area (Å²) in [5.41, 5.74) is 2.44. The van der Waals surface area contributed by atoms with Crippen LogP contribution in [0.5, 0.6) is 0 Å². The summed E-state index contributed by atoms with van der Waals surface area (Å²) in [6.45, 7) is 5.29. The number of hydrogen-bond acceptors (Lipinski definition) is 4. The Bertz CT molecular complexity index is 728. The predicted molar refractivity (Wildman–Crippen MR) is 96.3 cm³/mol. The minimum atomic E-state index is -0.379. The van der Waals surface area contributed by atoms with Gasteiger partial charge in [-0.1, -0.05) is 30.3 Å². The first-order valence-electron chi connectivity index (χ1n) is 9.07. The molecular formula is C19H24N4O3. The molecule has 1 saturated heterocycles. The largest absolute Gasteiger partial charge is 0.379 e. The second kappa shape index (κ2) is 7.09. The van der Waals surface area contributed by atoms with Crippen LogP contribution in [0.2, 0.25) is 0 Å². The number of rotatable bonds is 4. The lowest BCUT2D eigenvalue weighted by Crippen LogP contribution is -2.45. The smallest absolute Gasteiger partial charge is 0.322 e. The Morgan fingerprint density at radius 2 is 1.85 bits per heavy atom. The van der Waals surface area contributed by atoms with Gasteiger partial charge in [-0.05, 0) is 5.56 Å². The van der Waals surface area contributed by atoms with Crippen LogP contribution in [0.15, 0.2) is 41.6 Å². The van der Waals surface area contributed by atoms with Gasteiger partial charge < -0.3 is 15.0 Å². The molecule has 3 heterocycles. The topological polar surface area (TPSA) is 65.1 Å². The Balaban J connectivity index is 1.53. The van der Waals surface area contributed by atoms with Gasteiger partial charge in [-0.15, -0.1) is 0 Å². The summed E-state index contributed by atoms with van der Waals surface area (Å²) in [5, 5.41) is 2.96. The molecular weight excluding hydrogens is 332 g/mol. The fourth-order valence-corrected chi connectivity index (χ4v) is 3.79. The molecule has 0 saturated carbocycles. The summed E-state index contributed by atoms with van der Waals surface area (Å²) in [5.74, 6) is 0.0222. The molecule has 0 spiro atoms. The van der Waals surface area contributed by atoms with Gasteiger partial charge in [0.25, 0.3) is 5.91 Å². The average molecular weight is 356 g/mol. The van der Waals surface area contributed by atoms with Crippen LogP contribution < -0.4 is 5.32 Å². The van der Waals surface area contributed by atoms with Gasteiger partial charge in [0, 0.05) is 33.2 Å². The van der Waals surface area contributed by atoms with E-state index >= 15 is 0 Å². The molecule has 26 heavy (non-hydrogen) atoms.